The second-order valence-corrected chi connectivity index (χ2v) is 0.171. The van der Waals surface area contributed by atoms with Gasteiger partial charge in [0.1, 0.15) is 0 Å². The maximum atomic E-state index is 8.51. The Morgan fingerprint density at radius 3 is 2.00 bits per heavy atom. The van der Waals surface area contributed by atoms with Crippen molar-refractivity contribution in [3.63, 3.8) is 0 Å². The van der Waals surface area contributed by atoms with Gasteiger partial charge in [-0.1, -0.05) is 0 Å². The third-order valence-corrected chi connectivity index (χ3v) is 0.0365. The lowest BCUT2D eigenvalue weighted by Gasteiger charge is -1.19. The molecule has 0 saturated heterocycles. The van der Waals surface area contributed by atoms with Gasteiger partial charge >= 0.3 is 10.3 Å². The Labute approximate surface area is 22.0 Å². The van der Waals surface area contributed by atoms with Crippen LogP contribution in [0, 0.1) is 5.21 Å². The minimum atomic E-state index is 1.67. The third kappa shape index (κ3) is 1.02. The molecule has 0 unspecified atom stereocenters. The van der Waals surface area contributed by atoms with Crippen molar-refractivity contribution in [1.82, 2.24) is 0 Å². The van der Waals surface area contributed by atoms with Gasteiger partial charge in [-0.25, -0.2) is 0 Å². The van der Waals surface area contributed by atoms with Crippen LogP contribution in [0.4, 0.5) is 0 Å². The Bertz CT molecular complexity index is 40.8. The van der Waals surface area contributed by atoms with E-state index in [9.17, 15) is 0 Å². The summed E-state index contributed by atoms with van der Waals surface area (Å²) in [5, 5.41) is 19.0. The highest BCUT2D eigenvalue weighted by atomic mass is 16.5. The van der Waals surface area contributed by atoms with E-state index in [2.05, 4.69) is 0 Å². The fourth-order valence-electron chi connectivity index (χ4n) is 0. The monoisotopic (exact) mass is 61.0 g/mol. The zero-order valence-corrected chi connectivity index (χ0v) is 1.75. The molecule has 1 N–H and O–H groups in total. The maximum absolute atomic E-state index is 8.51. The zero-order chi connectivity index (χ0) is 3.41. The Hall–Kier alpha value is -0.980. The number of hydrogen-bond donors (Lipinski definition) is 1. The summed E-state index contributed by atoms with van der Waals surface area (Å²) in [4.78, 5) is 0. The molecule has 4 nitrogen and oxygen atoms in total. The Morgan fingerprint density at radius 1 is 1.75 bits per heavy atom. The molecule has 0 aliphatic rings. The van der Waals surface area contributed by atoms with Crippen molar-refractivity contribution < 1.29 is 5.21 Å². The first-order valence-corrected chi connectivity index (χ1v) is 0.583. The van der Waals surface area contributed by atoms with E-state index < -0.39 is 0 Å². The smallest absolute Gasteiger partial charge is 0.425 e. The van der Waals surface area contributed by atoms with Crippen LogP contribution in [0.15, 0.2) is 0 Å². The first-order chi connectivity index (χ1) is 1.91. The summed E-state index contributed by atoms with van der Waals surface area (Å²) in [6.07, 6.45) is 0. The number of diazo groups is 1. The van der Waals surface area contributed by atoms with E-state index in [0.717, 1.165) is 0 Å². The molecule has 0 fully saturated rings. The summed E-state index contributed by atoms with van der Waals surface area (Å²) in [7, 11) is 0. The van der Waals surface area contributed by atoms with Gasteiger partial charge in [-0.3, -0.25) is 0 Å². The van der Waals surface area contributed by atoms with Gasteiger partial charge < -0.3 is 5.21 Å². The molecule has 4 heavy (non-hydrogen) atoms. The van der Waals surface area contributed by atoms with Gasteiger partial charge in [0.2, 0.25) is 0 Å². The molecule has 0 bridgehead atoms. The van der Waals surface area contributed by atoms with Gasteiger partial charge in [0.25, 0.3) is 0 Å². The van der Waals surface area contributed by atoms with E-state index in [1.807, 2.05) is 0 Å². The van der Waals surface area contributed by atoms with Crippen LogP contribution in [-0.2, 0) is 0 Å². The van der Waals surface area contributed by atoms with Gasteiger partial charge in [-0.05, 0) is 0 Å². The first kappa shape index (κ1) is 3.02. The lowest BCUT2D eigenvalue weighted by atomic mass is 13.1. The summed E-state index contributed by atoms with van der Waals surface area (Å²) < 4.78 is 0. The van der Waals surface area contributed by atoms with Gasteiger partial charge in [0, 0.05) is 0 Å². The molecule has 4 heteroatoms. The van der Waals surface area contributed by atoms with Crippen LogP contribution >= 0.6 is 0 Å². The highest BCUT2D eigenvalue weighted by Crippen LogP contribution is 1.49. The molecular formula is HN2O2+. The van der Waals surface area contributed by atoms with E-state index >= 15 is 0 Å². The molecule has 0 radical (unpaired) electrons. The lowest BCUT2D eigenvalue weighted by molar-refractivity contribution is 0.462. The SMILES string of the molecule is [O-][N+]#[N+]O. The Kier molecular flexibility index (Phi) is 1.53. The Balaban J connectivity index is 2.83. The molecule has 22 valence electrons. The largest absolute Gasteiger partial charge is 0.655 e. The average Bonchev–Trinajstić information content (AvgIpc) is 1.37. The van der Waals surface area contributed by atoms with E-state index in [4.69, 9.17) is 10.4 Å². The van der Waals surface area contributed by atoms with Gasteiger partial charge in [-0.15, -0.1) is 5.21 Å². The molecule has 0 rings (SSSR count). The zero-order valence-electron chi connectivity index (χ0n) is 1.75. The van der Waals surface area contributed by atoms with E-state index in [1.54, 1.807) is 10.3 Å². The number of nitrogens with zero attached hydrogens (tertiary/aromatic N) is 2. The van der Waals surface area contributed by atoms with E-state index in [0.29, 0.717) is 0 Å². The molecule has 0 amide bonds. The van der Waals surface area contributed by atoms with Crippen LogP contribution in [-0.4, -0.2) is 5.21 Å². The predicted octanol–water partition coefficient (Wildman–Crippen LogP) is 0.536. The van der Waals surface area contributed by atoms with Crippen LogP contribution in [0.5, 0.6) is 0 Å². The normalized spacial score (nSPS) is 3.00. The summed E-state index contributed by atoms with van der Waals surface area (Å²) >= 11 is 0. The fraction of sp³-hybridized carbons (Fsp3) is 0. The first-order valence-electron chi connectivity index (χ1n) is 0.583. The second-order valence-electron chi connectivity index (χ2n) is 0.171. The van der Waals surface area contributed by atoms with Crippen molar-refractivity contribution in [2.75, 3.05) is 0 Å². The van der Waals surface area contributed by atoms with E-state index in [-0.39, 0.29) is 0 Å². The minimum Gasteiger partial charge on any atom is -0.425 e. The molecule has 0 spiro atoms. The van der Waals surface area contributed by atoms with Crippen molar-refractivity contribution in [3.05, 3.63) is 15.5 Å². The molecule has 0 atom stereocenters. The summed E-state index contributed by atoms with van der Waals surface area (Å²) in [6, 6.07) is 0. The number of hydrogen-bond acceptors (Lipinski definition) is 2. The molecule has 0 saturated carbocycles. The van der Waals surface area contributed by atoms with Gasteiger partial charge in [-0.2, -0.15) is 0 Å². The van der Waals surface area contributed by atoms with Gasteiger partial charge in [0.15, 0.2) is 0 Å². The minimum absolute atomic E-state index is 1.67. The molecule has 0 aromatic carbocycles. The van der Waals surface area contributed by atoms with Crippen LogP contribution in [0.1, 0.15) is 0 Å². The van der Waals surface area contributed by atoms with Gasteiger partial charge in [0.05, 0.1) is 0 Å². The summed E-state index contributed by atoms with van der Waals surface area (Å²) in [5.74, 6) is 0. The summed E-state index contributed by atoms with van der Waals surface area (Å²) in [6.45, 7) is 0. The predicted molar refractivity (Wildman–Crippen MR) is 11.9 cm³/mol. The van der Waals surface area contributed by atoms with Crippen LogP contribution in [0.3, 0.4) is 0 Å². The molecule has 0 aromatic heterocycles. The quantitative estimate of drug-likeness (QED) is 0.328. The molecule has 0 aliphatic carbocycles. The maximum Gasteiger partial charge on any atom is 0.655 e. The summed E-state index contributed by atoms with van der Waals surface area (Å²) in [5.41, 5.74) is 0. The van der Waals surface area contributed by atoms with Crippen molar-refractivity contribution in [3.8, 4) is 0 Å². The molecular weight excluding hydrogens is 60.0 g/mol. The second kappa shape index (κ2) is 2.02. The topological polar surface area (TPSA) is 52.0 Å². The highest BCUT2D eigenvalue weighted by molar-refractivity contribution is 4.56. The van der Waals surface area contributed by atoms with Crippen molar-refractivity contribution in [2.24, 2.45) is 0 Å². The van der Waals surface area contributed by atoms with Crippen LogP contribution in [0.25, 0.3) is 10.3 Å². The van der Waals surface area contributed by atoms with Crippen molar-refractivity contribution in [2.45, 2.75) is 0 Å². The van der Waals surface area contributed by atoms with E-state index in [1.165, 1.54) is 0 Å². The average molecular weight is 61.0 g/mol. The molecule has 0 aliphatic heterocycles. The standard InChI is InChI=1S/N2O2/c3-1-2-4/p+1. The Morgan fingerprint density at radius 2 is 2.00 bits per heavy atom. The van der Waals surface area contributed by atoms with Crippen molar-refractivity contribution >= 4 is 0 Å². The highest BCUT2D eigenvalue weighted by Gasteiger charge is 1.67. The fourth-order valence-corrected chi connectivity index (χ4v) is 0. The third-order valence-electron chi connectivity index (χ3n) is 0.0365. The lowest BCUT2D eigenvalue weighted by Crippen LogP contribution is -1.23. The van der Waals surface area contributed by atoms with Crippen LogP contribution < -0.4 is 0 Å². The van der Waals surface area contributed by atoms with Crippen LogP contribution in [0.2, 0.25) is 0 Å². The molecule has 0 heterocycles. The molecule has 0 aromatic rings. The van der Waals surface area contributed by atoms with Crippen molar-refractivity contribution in [1.29, 1.82) is 0 Å². The number of rotatable bonds is 0.